The van der Waals surface area contributed by atoms with Gasteiger partial charge in [-0.1, -0.05) is 12.2 Å². The molecule has 0 radical (unpaired) electrons. The predicted molar refractivity (Wildman–Crippen MR) is 78.3 cm³/mol. The van der Waals surface area contributed by atoms with E-state index in [1.165, 1.54) is 0 Å². The summed E-state index contributed by atoms with van der Waals surface area (Å²) in [6.07, 6.45) is 4.38. The molecular formula is C16H19NO4. The first-order valence-corrected chi connectivity index (χ1v) is 7.02. The molecule has 1 aliphatic heterocycles. The summed E-state index contributed by atoms with van der Waals surface area (Å²) in [4.78, 5) is 12.0. The van der Waals surface area contributed by atoms with Crippen LogP contribution in [0.5, 0.6) is 11.5 Å². The van der Waals surface area contributed by atoms with Gasteiger partial charge >= 0.3 is 6.09 Å². The molecule has 5 nitrogen and oxygen atoms in total. The molecule has 0 unspecified atom stereocenters. The van der Waals surface area contributed by atoms with Crippen LogP contribution in [0.1, 0.15) is 44.4 Å². The first kappa shape index (κ1) is 13.8. The molecule has 1 aliphatic carbocycles. The summed E-state index contributed by atoms with van der Waals surface area (Å²) >= 11 is 0. The molecular weight excluding hydrogens is 270 g/mol. The summed E-state index contributed by atoms with van der Waals surface area (Å²) in [6.45, 7) is 5.78. The fraction of sp³-hybridized carbons (Fsp3) is 0.438. The van der Waals surface area contributed by atoms with Gasteiger partial charge in [0.2, 0.25) is 6.79 Å². The summed E-state index contributed by atoms with van der Waals surface area (Å²) in [6, 6.07) is 3.76. The molecule has 112 valence electrons. The van der Waals surface area contributed by atoms with Gasteiger partial charge in [0.15, 0.2) is 11.5 Å². The van der Waals surface area contributed by atoms with Crippen LogP contribution < -0.4 is 14.8 Å². The van der Waals surface area contributed by atoms with Crippen LogP contribution in [-0.2, 0) is 4.74 Å². The largest absolute Gasteiger partial charge is 0.454 e. The van der Waals surface area contributed by atoms with E-state index in [0.717, 1.165) is 29.0 Å². The fourth-order valence-corrected chi connectivity index (χ4v) is 2.46. The molecule has 1 aromatic carbocycles. The Labute approximate surface area is 123 Å². The minimum Gasteiger partial charge on any atom is -0.454 e. The van der Waals surface area contributed by atoms with Gasteiger partial charge < -0.3 is 19.5 Å². The van der Waals surface area contributed by atoms with Crippen LogP contribution in [0, 0.1) is 0 Å². The van der Waals surface area contributed by atoms with E-state index in [4.69, 9.17) is 14.2 Å². The minimum absolute atomic E-state index is 0.116. The smallest absolute Gasteiger partial charge is 0.408 e. The van der Waals surface area contributed by atoms with Crippen molar-refractivity contribution in [2.24, 2.45) is 0 Å². The lowest BCUT2D eigenvalue weighted by Gasteiger charge is -2.26. The quantitative estimate of drug-likeness (QED) is 0.861. The van der Waals surface area contributed by atoms with E-state index in [9.17, 15) is 4.79 Å². The van der Waals surface area contributed by atoms with Crippen molar-refractivity contribution in [3.63, 3.8) is 0 Å². The Bertz CT molecular complexity index is 601. The lowest BCUT2D eigenvalue weighted by molar-refractivity contribution is 0.0503. The Morgan fingerprint density at radius 3 is 2.71 bits per heavy atom. The predicted octanol–water partition coefficient (Wildman–Crippen LogP) is 3.40. The third kappa shape index (κ3) is 2.96. The van der Waals surface area contributed by atoms with Crippen LogP contribution >= 0.6 is 0 Å². The molecule has 1 N–H and O–H groups in total. The second kappa shape index (κ2) is 4.98. The van der Waals surface area contributed by atoms with Gasteiger partial charge in [0.05, 0.1) is 6.04 Å². The highest BCUT2D eigenvalue weighted by Crippen LogP contribution is 2.39. The topological polar surface area (TPSA) is 56.8 Å². The first-order chi connectivity index (χ1) is 9.92. The molecule has 21 heavy (non-hydrogen) atoms. The van der Waals surface area contributed by atoms with Crippen molar-refractivity contribution in [2.75, 3.05) is 6.79 Å². The molecule has 1 atom stereocenters. The molecule has 0 aromatic heterocycles. The Kier molecular flexibility index (Phi) is 3.27. The number of carbonyl (C=O) groups excluding carboxylic acids is 1. The highest BCUT2D eigenvalue weighted by atomic mass is 16.7. The highest BCUT2D eigenvalue weighted by Gasteiger charge is 2.25. The summed E-state index contributed by atoms with van der Waals surface area (Å²) in [5.41, 5.74) is 1.55. The molecule has 0 saturated heterocycles. The second-order valence-corrected chi connectivity index (χ2v) is 6.17. The van der Waals surface area contributed by atoms with Crippen molar-refractivity contribution in [2.45, 2.75) is 38.8 Å². The molecule has 3 rings (SSSR count). The number of hydrogen-bond donors (Lipinski definition) is 1. The Morgan fingerprint density at radius 2 is 2.00 bits per heavy atom. The maximum absolute atomic E-state index is 12.0. The zero-order chi connectivity index (χ0) is 15.0. The van der Waals surface area contributed by atoms with Gasteiger partial charge in [-0.3, -0.25) is 0 Å². The van der Waals surface area contributed by atoms with E-state index in [0.29, 0.717) is 0 Å². The van der Waals surface area contributed by atoms with E-state index >= 15 is 0 Å². The Morgan fingerprint density at radius 1 is 1.29 bits per heavy atom. The van der Waals surface area contributed by atoms with Crippen LogP contribution in [0.3, 0.4) is 0 Å². The highest BCUT2D eigenvalue weighted by molar-refractivity contribution is 5.70. The second-order valence-electron chi connectivity index (χ2n) is 6.17. The third-order valence-corrected chi connectivity index (χ3v) is 3.31. The van der Waals surface area contributed by atoms with Crippen LogP contribution in [0.4, 0.5) is 4.79 Å². The van der Waals surface area contributed by atoms with Gasteiger partial charge in [0.1, 0.15) is 5.60 Å². The molecule has 5 heteroatoms. The van der Waals surface area contributed by atoms with Crippen LogP contribution in [0.15, 0.2) is 18.2 Å². The van der Waals surface area contributed by atoms with Crippen molar-refractivity contribution in [1.82, 2.24) is 5.32 Å². The number of hydrogen-bond acceptors (Lipinski definition) is 4. The summed E-state index contributed by atoms with van der Waals surface area (Å²) in [7, 11) is 0. The molecule has 1 heterocycles. The number of fused-ring (bicyclic) bond motifs is 2. The van der Waals surface area contributed by atoms with Gasteiger partial charge in [0.25, 0.3) is 0 Å². The summed E-state index contributed by atoms with van der Waals surface area (Å²) in [5, 5.41) is 2.91. The number of carbonyl (C=O) groups is 1. The summed E-state index contributed by atoms with van der Waals surface area (Å²) in [5.74, 6) is 1.47. The number of benzene rings is 1. The normalized spacial score (nSPS) is 19.1. The molecule has 1 aromatic rings. The molecule has 0 spiro atoms. The van der Waals surface area contributed by atoms with Gasteiger partial charge in [-0.25, -0.2) is 4.79 Å². The van der Waals surface area contributed by atoms with Gasteiger partial charge in [-0.15, -0.1) is 0 Å². The monoisotopic (exact) mass is 289 g/mol. The number of nitrogens with one attached hydrogen (secondary N) is 1. The molecule has 0 bridgehead atoms. The maximum atomic E-state index is 12.0. The van der Waals surface area contributed by atoms with E-state index in [1.54, 1.807) is 0 Å². The van der Waals surface area contributed by atoms with Crippen molar-refractivity contribution in [3.05, 3.63) is 29.3 Å². The average Bonchev–Trinajstić information content (AvgIpc) is 2.81. The lowest BCUT2D eigenvalue weighted by Crippen LogP contribution is -2.35. The van der Waals surface area contributed by atoms with Crippen molar-refractivity contribution >= 4 is 12.2 Å². The van der Waals surface area contributed by atoms with Gasteiger partial charge in [-0.2, -0.15) is 0 Å². The lowest BCUT2D eigenvalue weighted by atomic mass is 9.92. The summed E-state index contributed by atoms with van der Waals surface area (Å²) < 4.78 is 16.1. The zero-order valence-corrected chi connectivity index (χ0v) is 12.4. The fourth-order valence-electron chi connectivity index (χ4n) is 2.46. The first-order valence-electron chi connectivity index (χ1n) is 7.02. The third-order valence-electron chi connectivity index (χ3n) is 3.31. The minimum atomic E-state index is -0.508. The molecule has 1 amide bonds. The van der Waals surface area contributed by atoms with E-state index in [2.05, 4.69) is 5.32 Å². The van der Waals surface area contributed by atoms with Crippen molar-refractivity contribution < 1.29 is 19.0 Å². The van der Waals surface area contributed by atoms with Gasteiger partial charge in [0, 0.05) is 0 Å². The van der Waals surface area contributed by atoms with Gasteiger partial charge in [-0.05, 0) is 50.5 Å². The van der Waals surface area contributed by atoms with E-state index < -0.39 is 11.7 Å². The Hall–Kier alpha value is -2.17. The Balaban J connectivity index is 1.81. The van der Waals surface area contributed by atoms with E-state index in [-0.39, 0.29) is 12.8 Å². The van der Waals surface area contributed by atoms with Crippen LogP contribution in [-0.4, -0.2) is 18.5 Å². The average molecular weight is 289 g/mol. The number of amides is 1. The number of ether oxygens (including phenoxy) is 3. The maximum Gasteiger partial charge on any atom is 0.408 e. The standard InChI is InChI=1S/C16H19NO4/c1-16(2,3)21-15(18)17-12-6-4-5-10-7-13-14(8-11(10)12)20-9-19-13/h4-5,7-8,12H,6,9H2,1-3H3,(H,17,18)/t12-/m0/s1. The number of rotatable bonds is 1. The van der Waals surface area contributed by atoms with Crippen molar-refractivity contribution in [3.8, 4) is 11.5 Å². The SMILES string of the molecule is CC(C)(C)OC(=O)N[C@H]1CC=Cc2cc3c(cc21)OCO3. The van der Waals surface area contributed by atoms with Crippen molar-refractivity contribution in [1.29, 1.82) is 0 Å². The van der Waals surface area contributed by atoms with E-state index in [1.807, 2.05) is 45.1 Å². The molecule has 2 aliphatic rings. The van der Waals surface area contributed by atoms with Crippen LogP contribution in [0.2, 0.25) is 0 Å². The molecule has 0 saturated carbocycles. The zero-order valence-electron chi connectivity index (χ0n) is 12.4. The molecule has 0 fully saturated rings. The number of alkyl carbamates (subject to hydrolysis) is 1. The van der Waals surface area contributed by atoms with Crippen LogP contribution in [0.25, 0.3) is 6.08 Å².